The number of anilines is 4. The second-order valence-electron chi connectivity index (χ2n) is 8.03. The molecule has 1 aliphatic rings. The summed E-state index contributed by atoms with van der Waals surface area (Å²) in [5.41, 5.74) is 1.65. The summed E-state index contributed by atoms with van der Waals surface area (Å²) in [6.45, 7) is 7.14. The van der Waals surface area contributed by atoms with E-state index in [2.05, 4.69) is 25.7 Å². The van der Waals surface area contributed by atoms with Gasteiger partial charge in [0.05, 0.1) is 12.7 Å². The zero-order valence-corrected chi connectivity index (χ0v) is 20.3. The van der Waals surface area contributed by atoms with Crippen molar-refractivity contribution in [1.29, 1.82) is 0 Å². The predicted octanol–water partition coefficient (Wildman–Crippen LogP) is 3.72. The van der Waals surface area contributed by atoms with Crippen LogP contribution in [0.2, 0.25) is 0 Å². The maximum Gasteiger partial charge on any atom is 0.221 e. The fourth-order valence-corrected chi connectivity index (χ4v) is 4.39. The van der Waals surface area contributed by atoms with Crippen molar-refractivity contribution in [2.75, 3.05) is 35.2 Å². The fraction of sp³-hybridized carbons (Fsp3) is 0.391. The number of hydrogen-bond donors (Lipinski definition) is 4. The van der Waals surface area contributed by atoms with Gasteiger partial charge in [-0.15, -0.1) is 0 Å². The second-order valence-corrected chi connectivity index (χ2v) is 9.07. The SMILES string of the molecule is CCOc1c(Nc2cc(C)[nH]n2)nc(Sc2ccc(NC(C)=O)cc2)nc1N1CCC(O)CC1. The van der Waals surface area contributed by atoms with Crippen LogP contribution in [0.15, 0.2) is 40.4 Å². The number of aryl methyl sites for hydroxylation is 1. The second kappa shape index (κ2) is 10.7. The minimum Gasteiger partial charge on any atom is -0.487 e. The highest BCUT2D eigenvalue weighted by Crippen LogP contribution is 2.39. The first-order valence-corrected chi connectivity index (χ1v) is 12.0. The van der Waals surface area contributed by atoms with Gasteiger partial charge in [0.25, 0.3) is 0 Å². The molecule has 1 fully saturated rings. The number of ether oxygens (including phenoxy) is 1. The number of aromatic amines is 1. The standard InChI is InChI=1S/C23H29N7O3S/c1-4-33-20-21(25-19-13-14(2)28-29-19)26-23(27-22(20)30-11-9-17(32)10-12-30)34-18-7-5-16(6-8-18)24-15(3)31/h5-8,13,17,32H,4,9-12H2,1-3H3,(H,24,31)(H2,25,26,27,28,29). The molecule has 180 valence electrons. The molecule has 0 radical (unpaired) electrons. The highest BCUT2D eigenvalue weighted by molar-refractivity contribution is 7.99. The van der Waals surface area contributed by atoms with E-state index in [1.807, 2.05) is 44.2 Å². The van der Waals surface area contributed by atoms with Crippen LogP contribution in [0, 0.1) is 6.92 Å². The number of piperidine rings is 1. The molecule has 0 atom stereocenters. The van der Waals surface area contributed by atoms with Crippen LogP contribution < -0.4 is 20.3 Å². The van der Waals surface area contributed by atoms with Gasteiger partial charge < -0.3 is 25.4 Å². The number of benzene rings is 1. The molecule has 11 heteroatoms. The Bertz CT molecular complexity index is 1130. The van der Waals surface area contributed by atoms with Crippen LogP contribution in [0.5, 0.6) is 5.75 Å². The van der Waals surface area contributed by atoms with Crippen molar-refractivity contribution >= 4 is 40.8 Å². The molecule has 1 saturated heterocycles. The number of aromatic nitrogens is 4. The Labute approximate surface area is 202 Å². The van der Waals surface area contributed by atoms with Crippen molar-refractivity contribution in [2.45, 2.75) is 49.8 Å². The molecule has 0 bridgehead atoms. The van der Waals surface area contributed by atoms with Crippen molar-refractivity contribution in [2.24, 2.45) is 0 Å². The van der Waals surface area contributed by atoms with Crippen LogP contribution in [0.1, 0.15) is 32.4 Å². The van der Waals surface area contributed by atoms with Crippen LogP contribution in [0.25, 0.3) is 0 Å². The van der Waals surface area contributed by atoms with E-state index >= 15 is 0 Å². The molecule has 34 heavy (non-hydrogen) atoms. The van der Waals surface area contributed by atoms with E-state index in [-0.39, 0.29) is 12.0 Å². The fourth-order valence-electron chi connectivity index (χ4n) is 3.64. The number of aliphatic hydroxyl groups is 1. The molecule has 0 aliphatic carbocycles. The average molecular weight is 484 g/mol. The van der Waals surface area contributed by atoms with Gasteiger partial charge in [0.2, 0.25) is 11.7 Å². The number of carbonyl (C=O) groups is 1. The lowest BCUT2D eigenvalue weighted by Gasteiger charge is -2.32. The monoisotopic (exact) mass is 483 g/mol. The van der Waals surface area contributed by atoms with E-state index in [0.29, 0.717) is 60.9 Å². The Morgan fingerprint density at radius 1 is 1.26 bits per heavy atom. The summed E-state index contributed by atoms with van der Waals surface area (Å²) in [4.78, 5) is 23.9. The summed E-state index contributed by atoms with van der Waals surface area (Å²) in [7, 11) is 0. The zero-order valence-electron chi connectivity index (χ0n) is 19.5. The predicted molar refractivity (Wildman–Crippen MR) is 132 cm³/mol. The quantitative estimate of drug-likeness (QED) is 0.354. The number of amides is 1. The zero-order chi connectivity index (χ0) is 24.1. The molecule has 0 spiro atoms. The van der Waals surface area contributed by atoms with E-state index in [1.165, 1.54) is 18.7 Å². The molecule has 4 N–H and O–H groups in total. The van der Waals surface area contributed by atoms with Gasteiger partial charge >= 0.3 is 0 Å². The van der Waals surface area contributed by atoms with Gasteiger partial charge in [0.1, 0.15) is 0 Å². The summed E-state index contributed by atoms with van der Waals surface area (Å²) in [5.74, 6) is 2.30. The minimum absolute atomic E-state index is 0.115. The van der Waals surface area contributed by atoms with Crippen LogP contribution in [0.3, 0.4) is 0 Å². The number of aliphatic hydroxyl groups excluding tert-OH is 1. The number of nitrogens with zero attached hydrogens (tertiary/aromatic N) is 4. The number of nitrogens with one attached hydrogen (secondary N) is 3. The van der Waals surface area contributed by atoms with Gasteiger partial charge in [-0.25, -0.2) is 9.97 Å². The van der Waals surface area contributed by atoms with Gasteiger partial charge in [0, 0.05) is 42.4 Å². The molecular formula is C23H29N7O3S. The first-order valence-electron chi connectivity index (χ1n) is 11.2. The number of hydrogen-bond acceptors (Lipinski definition) is 9. The van der Waals surface area contributed by atoms with Gasteiger partial charge in [-0.05, 0) is 62.7 Å². The van der Waals surface area contributed by atoms with Gasteiger partial charge in [-0.3, -0.25) is 9.89 Å². The topological polar surface area (TPSA) is 128 Å². The van der Waals surface area contributed by atoms with E-state index in [4.69, 9.17) is 14.7 Å². The summed E-state index contributed by atoms with van der Waals surface area (Å²) in [6, 6.07) is 9.41. The number of H-pyrrole nitrogens is 1. The molecule has 2 aromatic heterocycles. The average Bonchev–Trinajstić information content (AvgIpc) is 3.21. The van der Waals surface area contributed by atoms with Crippen molar-refractivity contribution in [3.05, 3.63) is 36.0 Å². The van der Waals surface area contributed by atoms with E-state index in [0.717, 1.165) is 16.3 Å². The molecule has 1 amide bonds. The lowest BCUT2D eigenvalue weighted by molar-refractivity contribution is -0.114. The normalized spacial score (nSPS) is 14.2. The molecule has 3 aromatic rings. The van der Waals surface area contributed by atoms with Crippen LogP contribution in [-0.4, -0.2) is 57.0 Å². The van der Waals surface area contributed by atoms with Crippen molar-refractivity contribution in [3.63, 3.8) is 0 Å². The maximum absolute atomic E-state index is 11.3. The third kappa shape index (κ3) is 5.97. The highest BCUT2D eigenvalue weighted by Gasteiger charge is 2.25. The highest BCUT2D eigenvalue weighted by atomic mass is 32.2. The van der Waals surface area contributed by atoms with E-state index in [1.54, 1.807) is 0 Å². The largest absolute Gasteiger partial charge is 0.487 e. The first kappa shape index (κ1) is 23.8. The minimum atomic E-state index is -0.297. The molecule has 4 rings (SSSR count). The molecule has 1 aliphatic heterocycles. The Balaban J connectivity index is 1.69. The Kier molecular flexibility index (Phi) is 7.53. The van der Waals surface area contributed by atoms with Crippen LogP contribution in [0.4, 0.5) is 23.1 Å². The molecule has 1 aromatic carbocycles. The summed E-state index contributed by atoms with van der Waals surface area (Å²) >= 11 is 1.42. The van der Waals surface area contributed by atoms with Crippen molar-refractivity contribution in [1.82, 2.24) is 20.2 Å². The smallest absolute Gasteiger partial charge is 0.221 e. The number of rotatable bonds is 8. The summed E-state index contributed by atoms with van der Waals surface area (Å²) in [5, 5.41) is 23.8. The van der Waals surface area contributed by atoms with Crippen molar-refractivity contribution in [3.8, 4) is 5.75 Å². The Morgan fingerprint density at radius 2 is 2.00 bits per heavy atom. The molecule has 0 saturated carbocycles. The van der Waals surface area contributed by atoms with Crippen molar-refractivity contribution < 1.29 is 14.6 Å². The third-order valence-corrected chi connectivity index (χ3v) is 6.09. The Morgan fingerprint density at radius 3 is 2.62 bits per heavy atom. The van der Waals surface area contributed by atoms with Gasteiger partial charge in [-0.1, -0.05) is 0 Å². The van der Waals surface area contributed by atoms with E-state index in [9.17, 15) is 9.90 Å². The summed E-state index contributed by atoms with van der Waals surface area (Å²) < 4.78 is 6.01. The molecule has 10 nitrogen and oxygen atoms in total. The first-order chi connectivity index (χ1) is 16.4. The third-order valence-electron chi connectivity index (χ3n) is 5.22. The molecular weight excluding hydrogens is 454 g/mol. The number of carbonyl (C=O) groups excluding carboxylic acids is 1. The van der Waals surface area contributed by atoms with Gasteiger partial charge in [0.15, 0.2) is 22.6 Å². The van der Waals surface area contributed by atoms with Crippen LogP contribution in [-0.2, 0) is 4.79 Å². The molecule has 0 unspecified atom stereocenters. The summed E-state index contributed by atoms with van der Waals surface area (Å²) in [6.07, 6.45) is 1.04. The van der Waals surface area contributed by atoms with Gasteiger partial charge in [-0.2, -0.15) is 5.10 Å². The van der Waals surface area contributed by atoms with Crippen LogP contribution >= 0.6 is 11.8 Å². The maximum atomic E-state index is 11.3. The Hall–Kier alpha value is -3.31. The lowest BCUT2D eigenvalue weighted by atomic mass is 10.1. The van der Waals surface area contributed by atoms with E-state index < -0.39 is 0 Å². The lowest BCUT2D eigenvalue weighted by Crippen LogP contribution is -2.36. The molecule has 3 heterocycles.